The first kappa shape index (κ1) is 18.0. The minimum Gasteiger partial charge on any atom is -0.479 e. The van der Waals surface area contributed by atoms with Gasteiger partial charge in [0.05, 0.1) is 9.95 Å². The maximum Gasteiger partial charge on any atom is 0.271 e. The molecular formula is C16H14Cl2N2O4. The van der Waals surface area contributed by atoms with Crippen molar-refractivity contribution in [3.8, 4) is 5.75 Å². The number of benzene rings is 2. The highest BCUT2D eigenvalue weighted by Crippen LogP contribution is 2.29. The number of hydrogen-bond acceptors (Lipinski definition) is 4. The van der Waals surface area contributed by atoms with Gasteiger partial charge in [-0.15, -0.1) is 0 Å². The Balaban J connectivity index is 1.96. The fourth-order valence-electron chi connectivity index (χ4n) is 1.91. The number of amides is 1. The van der Waals surface area contributed by atoms with Crippen molar-refractivity contribution >= 4 is 34.8 Å². The lowest BCUT2D eigenvalue weighted by Crippen LogP contribution is -2.36. The predicted molar refractivity (Wildman–Crippen MR) is 91.5 cm³/mol. The number of rotatable bonds is 6. The molecule has 0 aliphatic heterocycles. The quantitative estimate of drug-likeness (QED) is 0.617. The van der Waals surface area contributed by atoms with E-state index >= 15 is 0 Å². The number of nitrogens with one attached hydrogen (secondary N) is 1. The number of nitrogens with zero attached hydrogens (tertiary/aromatic N) is 1. The molecule has 1 atom stereocenters. The van der Waals surface area contributed by atoms with Gasteiger partial charge in [-0.3, -0.25) is 14.9 Å². The first-order valence-electron chi connectivity index (χ1n) is 7.00. The second-order valence-corrected chi connectivity index (χ2v) is 5.76. The summed E-state index contributed by atoms with van der Waals surface area (Å²) in [4.78, 5) is 22.2. The molecular weight excluding hydrogens is 355 g/mol. The minimum atomic E-state index is -0.827. The topological polar surface area (TPSA) is 81.5 Å². The van der Waals surface area contributed by atoms with Gasteiger partial charge < -0.3 is 10.1 Å². The van der Waals surface area contributed by atoms with Crippen LogP contribution in [-0.4, -0.2) is 16.9 Å². The zero-order valence-electron chi connectivity index (χ0n) is 12.7. The lowest BCUT2D eigenvalue weighted by atomic mass is 10.2. The monoisotopic (exact) mass is 368 g/mol. The number of carbonyl (C=O) groups is 1. The molecule has 0 radical (unpaired) electrons. The average molecular weight is 369 g/mol. The van der Waals surface area contributed by atoms with E-state index in [9.17, 15) is 14.9 Å². The van der Waals surface area contributed by atoms with Crippen LogP contribution in [0.4, 0.5) is 5.69 Å². The number of nitro groups is 1. The third-order valence-electron chi connectivity index (χ3n) is 3.21. The predicted octanol–water partition coefficient (Wildman–Crippen LogP) is 3.99. The summed E-state index contributed by atoms with van der Waals surface area (Å²) in [6.07, 6.45) is -0.827. The van der Waals surface area contributed by atoms with Crippen LogP contribution in [0.2, 0.25) is 10.0 Å². The van der Waals surface area contributed by atoms with E-state index in [0.29, 0.717) is 5.02 Å². The largest absolute Gasteiger partial charge is 0.479 e. The molecule has 0 aliphatic rings. The van der Waals surface area contributed by atoms with Crippen LogP contribution in [0.15, 0.2) is 42.5 Å². The molecule has 8 heteroatoms. The average Bonchev–Trinajstić information content (AvgIpc) is 2.55. The Morgan fingerprint density at radius 1 is 1.25 bits per heavy atom. The minimum absolute atomic E-state index is 0.0648. The van der Waals surface area contributed by atoms with E-state index in [1.807, 2.05) is 6.07 Å². The molecule has 2 aromatic rings. The van der Waals surface area contributed by atoms with Crippen molar-refractivity contribution in [1.29, 1.82) is 0 Å². The van der Waals surface area contributed by atoms with Gasteiger partial charge in [0, 0.05) is 23.7 Å². The molecule has 1 amide bonds. The summed E-state index contributed by atoms with van der Waals surface area (Å²) in [5.41, 5.74) is 0.635. The van der Waals surface area contributed by atoms with Gasteiger partial charge in [-0.25, -0.2) is 0 Å². The summed E-state index contributed by atoms with van der Waals surface area (Å²) < 4.78 is 5.46. The lowest BCUT2D eigenvalue weighted by Gasteiger charge is -2.16. The van der Waals surface area contributed by atoms with Gasteiger partial charge in [0.15, 0.2) is 6.10 Å². The Labute approximate surface area is 148 Å². The number of halogens is 2. The molecule has 6 nitrogen and oxygen atoms in total. The van der Waals surface area contributed by atoms with E-state index in [1.54, 1.807) is 25.1 Å². The van der Waals surface area contributed by atoms with Crippen molar-refractivity contribution in [1.82, 2.24) is 5.32 Å². The van der Waals surface area contributed by atoms with E-state index in [1.165, 1.54) is 18.2 Å². The van der Waals surface area contributed by atoms with Crippen LogP contribution in [-0.2, 0) is 11.3 Å². The summed E-state index contributed by atoms with van der Waals surface area (Å²) in [7, 11) is 0. The Bertz CT molecular complexity index is 767. The van der Waals surface area contributed by atoms with Crippen molar-refractivity contribution in [2.45, 2.75) is 19.6 Å². The zero-order valence-corrected chi connectivity index (χ0v) is 14.2. The highest BCUT2D eigenvalue weighted by Gasteiger charge is 2.18. The van der Waals surface area contributed by atoms with Crippen LogP contribution >= 0.6 is 23.2 Å². The molecule has 0 saturated carbocycles. The van der Waals surface area contributed by atoms with Gasteiger partial charge in [0.1, 0.15) is 5.75 Å². The van der Waals surface area contributed by atoms with Gasteiger partial charge >= 0.3 is 0 Å². The van der Waals surface area contributed by atoms with Gasteiger partial charge in [-0.2, -0.15) is 0 Å². The van der Waals surface area contributed by atoms with Gasteiger partial charge in [0.2, 0.25) is 0 Å². The summed E-state index contributed by atoms with van der Waals surface area (Å²) in [5, 5.41) is 14.0. The molecule has 0 spiro atoms. The third-order valence-corrected chi connectivity index (χ3v) is 3.87. The third kappa shape index (κ3) is 4.59. The highest BCUT2D eigenvalue weighted by atomic mass is 35.5. The molecule has 0 bridgehead atoms. The Hall–Kier alpha value is -2.31. The molecule has 0 unspecified atom stereocenters. The Morgan fingerprint density at radius 3 is 2.58 bits per heavy atom. The van der Waals surface area contributed by atoms with Crippen LogP contribution in [0.3, 0.4) is 0 Å². The maximum atomic E-state index is 12.1. The van der Waals surface area contributed by atoms with Gasteiger partial charge in [0.25, 0.3) is 11.6 Å². The van der Waals surface area contributed by atoms with E-state index < -0.39 is 11.0 Å². The lowest BCUT2D eigenvalue weighted by molar-refractivity contribution is -0.384. The van der Waals surface area contributed by atoms with E-state index in [4.69, 9.17) is 27.9 Å². The molecule has 1 N–H and O–H groups in total. The Kier molecular flexibility index (Phi) is 6.00. The van der Waals surface area contributed by atoms with Crippen molar-refractivity contribution in [3.63, 3.8) is 0 Å². The molecule has 0 aromatic heterocycles. The van der Waals surface area contributed by atoms with E-state index in [2.05, 4.69) is 5.32 Å². The number of carbonyl (C=O) groups excluding carboxylic acids is 1. The molecule has 0 heterocycles. The van der Waals surface area contributed by atoms with Crippen molar-refractivity contribution in [3.05, 3.63) is 68.2 Å². The fraction of sp³-hybridized carbons (Fsp3) is 0.188. The first-order chi connectivity index (χ1) is 11.4. The summed E-state index contributed by atoms with van der Waals surface area (Å²) in [6, 6.07) is 11.0. The fourth-order valence-corrected chi connectivity index (χ4v) is 2.33. The van der Waals surface area contributed by atoms with Crippen LogP contribution in [0.25, 0.3) is 0 Å². The van der Waals surface area contributed by atoms with Crippen LogP contribution in [0, 0.1) is 10.1 Å². The van der Waals surface area contributed by atoms with Crippen LogP contribution < -0.4 is 10.1 Å². The van der Waals surface area contributed by atoms with Gasteiger partial charge in [-0.1, -0.05) is 41.4 Å². The van der Waals surface area contributed by atoms with Crippen molar-refractivity contribution < 1.29 is 14.5 Å². The maximum absolute atomic E-state index is 12.1. The number of non-ortho nitro benzene ring substituents is 1. The summed E-state index contributed by atoms with van der Waals surface area (Å²) >= 11 is 12.0. The molecule has 2 rings (SSSR count). The number of nitro benzene ring substituents is 1. The molecule has 2 aromatic carbocycles. The normalized spacial score (nSPS) is 11.6. The van der Waals surface area contributed by atoms with Crippen LogP contribution in [0.1, 0.15) is 12.5 Å². The smallest absolute Gasteiger partial charge is 0.271 e. The van der Waals surface area contributed by atoms with Gasteiger partial charge in [-0.05, 0) is 24.6 Å². The molecule has 24 heavy (non-hydrogen) atoms. The number of hydrogen-bond donors (Lipinski definition) is 1. The second kappa shape index (κ2) is 7.99. The molecule has 0 aliphatic carbocycles. The molecule has 126 valence electrons. The SMILES string of the molecule is C[C@H](Oc1ccc([N+](=O)[O-])cc1Cl)C(=O)NCc1ccccc1Cl. The second-order valence-electron chi connectivity index (χ2n) is 4.94. The number of ether oxygens (including phenoxy) is 1. The van der Waals surface area contributed by atoms with Crippen molar-refractivity contribution in [2.24, 2.45) is 0 Å². The molecule has 0 saturated heterocycles. The van der Waals surface area contributed by atoms with E-state index in [0.717, 1.165) is 5.56 Å². The standard InChI is InChI=1S/C16H14Cl2N2O4/c1-10(16(21)19-9-11-4-2-3-5-13(11)17)24-15-7-6-12(20(22)23)8-14(15)18/h2-8,10H,9H2,1H3,(H,19,21)/t10-/m0/s1. The summed E-state index contributed by atoms with van der Waals surface area (Å²) in [5.74, 6) is -0.160. The Morgan fingerprint density at radius 2 is 1.96 bits per heavy atom. The zero-order chi connectivity index (χ0) is 17.7. The van der Waals surface area contributed by atoms with E-state index in [-0.39, 0.29) is 28.9 Å². The summed E-state index contributed by atoms with van der Waals surface area (Å²) in [6.45, 7) is 1.82. The highest BCUT2D eigenvalue weighted by molar-refractivity contribution is 6.32. The van der Waals surface area contributed by atoms with Crippen LogP contribution in [0.5, 0.6) is 5.75 Å². The van der Waals surface area contributed by atoms with Crippen molar-refractivity contribution in [2.75, 3.05) is 0 Å². The first-order valence-corrected chi connectivity index (χ1v) is 7.76. The molecule has 0 fully saturated rings.